The molecule has 0 atom stereocenters. The van der Waals surface area contributed by atoms with Gasteiger partial charge in [-0.25, -0.2) is 0 Å². The van der Waals surface area contributed by atoms with E-state index in [-0.39, 0.29) is 0 Å². The molecule has 0 aliphatic heterocycles. The van der Waals surface area contributed by atoms with Crippen LogP contribution in [0.2, 0.25) is 0 Å². The monoisotopic (exact) mass is 224 g/mol. The van der Waals surface area contributed by atoms with Gasteiger partial charge in [-0.05, 0) is 25.7 Å². The van der Waals surface area contributed by atoms with E-state index in [9.17, 15) is 9.59 Å². The third kappa shape index (κ3) is 5.43. The van der Waals surface area contributed by atoms with Gasteiger partial charge in [-0.15, -0.1) is 0 Å². The highest BCUT2D eigenvalue weighted by Crippen LogP contribution is 2.21. The summed E-state index contributed by atoms with van der Waals surface area (Å²) in [5, 5.41) is 0. The summed E-state index contributed by atoms with van der Waals surface area (Å²) in [5.74, 6) is 0.812. The van der Waals surface area contributed by atoms with Crippen LogP contribution < -0.4 is 0 Å². The van der Waals surface area contributed by atoms with E-state index in [2.05, 4.69) is 0 Å². The first-order valence-corrected chi connectivity index (χ1v) is 6.77. The molecule has 0 aromatic carbocycles. The zero-order chi connectivity index (χ0) is 11.6. The predicted molar refractivity (Wildman–Crippen MR) is 65.3 cm³/mol. The lowest BCUT2D eigenvalue weighted by Crippen LogP contribution is -2.06. The second kappa shape index (κ2) is 8.49. The van der Waals surface area contributed by atoms with Crippen molar-refractivity contribution in [3.63, 3.8) is 0 Å². The molecule has 0 amide bonds. The van der Waals surface area contributed by atoms with Crippen molar-refractivity contribution < 1.29 is 9.59 Å². The summed E-state index contributed by atoms with van der Waals surface area (Å²) in [4.78, 5) is 20.3. The molecule has 0 bridgehead atoms. The maximum absolute atomic E-state index is 10.2. The first-order valence-electron chi connectivity index (χ1n) is 6.77. The highest BCUT2D eigenvalue weighted by Gasteiger charge is 2.11. The molecule has 2 saturated carbocycles. The van der Waals surface area contributed by atoms with Crippen molar-refractivity contribution in [2.75, 3.05) is 0 Å². The zero-order valence-corrected chi connectivity index (χ0v) is 10.2. The van der Waals surface area contributed by atoms with Crippen LogP contribution in [0.25, 0.3) is 0 Å². The van der Waals surface area contributed by atoms with Crippen molar-refractivity contribution >= 4 is 12.6 Å². The van der Waals surface area contributed by atoms with Crippen LogP contribution >= 0.6 is 0 Å². The van der Waals surface area contributed by atoms with Crippen molar-refractivity contribution in [3.8, 4) is 0 Å². The molecule has 0 radical (unpaired) electrons. The van der Waals surface area contributed by atoms with Gasteiger partial charge in [0.1, 0.15) is 12.6 Å². The average molecular weight is 224 g/mol. The fourth-order valence-corrected chi connectivity index (χ4v) is 2.54. The molecular weight excluding hydrogens is 200 g/mol. The predicted octanol–water partition coefficient (Wildman–Crippen LogP) is 3.53. The van der Waals surface area contributed by atoms with E-state index in [1.54, 1.807) is 0 Å². The minimum Gasteiger partial charge on any atom is -0.303 e. The van der Waals surface area contributed by atoms with Crippen molar-refractivity contribution in [2.45, 2.75) is 64.2 Å². The normalized spacial score (nSPS) is 23.0. The minimum absolute atomic E-state index is 0.406. The molecule has 0 aromatic rings. The van der Waals surface area contributed by atoms with E-state index in [1.165, 1.54) is 38.5 Å². The largest absolute Gasteiger partial charge is 0.303 e. The van der Waals surface area contributed by atoms with Gasteiger partial charge in [-0.2, -0.15) is 0 Å². The highest BCUT2D eigenvalue weighted by atomic mass is 16.1. The van der Waals surface area contributed by atoms with Gasteiger partial charge in [0.15, 0.2) is 0 Å². The van der Waals surface area contributed by atoms with Gasteiger partial charge in [0.05, 0.1) is 0 Å². The molecule has 2 aliphatic rings. The van der Waals surface area contributed by atoms with Crippen LogP contribution in [0, 0.1) is 11.8 Å². The molecule has 2 aliphatic carbocycles. The van der Waals surface area contributed by atoms with Gasteiger partial charge in [0.25, 0.3) is 0 Å². The summed E-state index contributed by atoms with van der Waals surface area (Å²) in [6.45, 7) is 0. The molecule has 2 rings (SSSR count). The van der Waals surface area contributed by atoms with Crippen LogP contribution in [-0.4, -0.2) is 12.6 Å². The van der Waals surface area contributed by atoms with Crippen LogP contribution in [0.5, 0.6) is 0 Å². The second-order valence-corrected chi connectivity index (χ2v) is 5.07. The van der Waals surface area contributed by atoms with Gasteiger partial charge < -0.3 is 9.59 Å². The van der Waals surface area contributed by atoms with Crippen molar-refractivity contribution in [1.82, 2.24) is 0 Å². The summed E-state index contributed by atoms with van der Waals surface area (Å²) in [5.41, 5.74) is 0. The molecule has 0 N–H and O–H groups in total. The molecule has 0 saturated heterocycles. The molecule has 2 heteroatoms. The zero-order valence-electron chi connectivity index (χ0n) is 10.2. The fourth-order valence-electron chi connectivity index (χ4n) is 2.54. The summed E-state index contributed by atoms with van der Waals surface area (Å²) >= 11 is 0. The number of carbonyl (C=O) groups is 2. The van der Waals surface area contributed by atoms with E-state index >= 15 is 0 Å². The van der Waals surface area contributed by atoms with Gasteiger partial charge in [0, 0.05) is 11.8 Å². The van der Waals surface area contributed by atoms with Crippen molar-refractivity contribution in [1.29, 1.82) is 0 Å². The third-order valence-electron chi connectivity index (χ3n) is 3.68. The first-order chi connectivity index (χ1) is 7.86. The molecule has 16 heavy (non-hydrogen) atoms. The lowest BCUT2D eigenvalue weighted by Gasteiger charge is -2.14. The number of carbonyl (C=O) groups excluding carboxylic acids is 2. The average Bonchev–Trinajstić information content (AvgIpc) is 2.41. The Kier molecular flexibility index (Phi) is 7.11. The van der Waals surface area contributed by atoms with Crippen LogP contribution in [0.15, 0.2) is 0 Å². The van der Waals surface area contributed by atoms with Crippen LogP contribution in [0.1, 0.15) is 64.2 Å². The smallest absolute Gasteiger partial charge is 0.123 e. The number of hydrogen-bond acceptors (Lipinski definition) is 2. The summed E-state index contributed by atoms with van der Waals surface area (Å²) in [7, 11) is 0. The van der Waals surface area contributed by atoms with Crippen molar-refractivity contribution in [2.24, 2.45) is 11.8 Å². The second-order valence-electron chi connectivity index (χ2n) is 5.07. The van der Waals surface area contributed by atoms with E-state index in [4.69, 9.17) is 0 Å². The summed E-state index contributed by atoms with van der Waals surface area (Å²) < 4.78 is 0. The number of hydrogen-bond donors (Lipinski definition) is 0. The third-order valence-corrected chi connectivity index (χ3v) is 3.68. The molecule has 2 fully saturated rings. The quantitative estimate of drug-likeness (QED) is 0.672. The van der Waals surface area contributed by atoms with Crippen LogP contribution in [0.4, 0.5) is 0 Å². The van der Waals surface area contributed by atoms with Crippen LogP contribution in [-0.2, 0) is 9.59 Å². The van der Waals surface area contributed by atoms with Gasteiger partial charge in [-0.1, -0.05) is 38.5 Å². The lowest BCUT2D eigenvalue weighted by molar-refractivity contribution is -0.112. The maximum Gasteiger partial charge on any atom is 0.123 e. The highest BCUT2D eigenvalue weighted by molar-refractivity contribution is 5.53. The number of rotatable bonds is 2. The van der Waals surface area contributed by atoms with Crippen LogP contribution in [0.3, 0.4) is 0 Å². The standard InChI is InChI=1S/2C7H12O/c2*8-6-7-4-2-1-3-5-7/h2*6-7H,1-5H2. The van der Waals surface area contributed by atoms with E-state index in [0.717, 1.165) is 38.3 Å². The first kappa shape index (κ1) is 13.4. The fraction of sp³-hybridized carbons (Fsp3) is 0.857. The number of aldehydes is 2. The SMILES string of the molecule is O=CC1CCCCC1.O=CC1CCCCC1. The van der Waals surface area contributed by atoms with E-state index < -0.39 is 0 Å². The minimum atomic E-state index is 0.406. The lowest BCUT2D eigenvalue weighted by atomic mass is 9.91. The topological polar surface area (TPSA) is 34.1 Å². The molecule has 2 nitrogen and oxygen atoms in total. The Morgan fingerprint density at radius 2 is 0.875 bits per heavy atom. The molecule has 92 valence electrons. The van der Waals surface area contributed by atoms with E-state index in [1.807, 2.05) is 0 Å². The Balaban J connectivity index is 0.000000160. The van der Waals surface area contributed by atoms with Gasteiger partial charge >= 0.3 is 0 Å². The molecule has 0 aromatic heterocycles. The molecule has 0 heterocycles. The Labute approximate surface area is 98.8 Å². The molecule has 0 spiro atoms. The summed E-state index contributed by atoms with van der Waals surface area (Å²) in [6.07, 6.45) is 14.5. The Bertz CT molecular complexity index is 167. The Hall–Kier alpha value is -0.660. The Morgan fingerprint density at radius 1 is 0.562 bits per heavy atom. The van der Waals surface area contributed by atoms with Gasteiger partial charge in [-0.3, -0.25) is 0 Å². The molecular formula is C14H24O2. The Morgan fingerprint density at radius 3 is 1.06 bits per heavy atom. The summed E-state index contributed by atoms with van der Waals surface area (Å²) in [6, 6.07) is 0. The van der Waals surface area contributed by atoms with Gasteiger partial charge in [0.2, 0.25) is 0 Å². The maximum atomic E-state index is 10.2. The van der Waals surface area contributed by atoms with Crippen molar-refractivity contribution in [3.05, 3.63) is 0 Å². The molecule has 0 unspecified atom stereocenters. The van der Waals surface area contributed by atoms with E-state index in [0.29, 0.717) is 11.8 Å².